The van der Waals surface area contributed by atoms with Crippen LogP contribution in [0.2, 0.25) is 5.02 Å². The van der Waals surface area contributed by atoms with Gasteiger partial charge < -0.3 is 24.9 Å². The number of nitrogens with one attached hydrogen (secondary N) is 2. The molecular formula is C26H30ClN5O4. The SMILES string of the molecule is O=C(NCC(O)CN1CCc2cc(OCc3cnco3)ccc2C1)c1cc(NC2CCC2)ncc1Cl. The van der Waals surface area contributed by atoms with E-state index in [4.69, 9.17) is 20.8 Å². The topological polar surface area (TPSA) is 113 Å². The third-order valence-electron chi connectivity index (χ3n) is 6.66. The molecule has 1 unspecified atom stereocenters. The Kier molecular flexibility index (Phi) is 7.69. The first-order chi connectivity index (χ1) is 17.5. The maximum absolute atomic E-state index is 12.7. The lowest BCUT2D eigenvalue weighted by atomic mass is 9.93. The van der Waals surface area contributed by atoms with Crippen molar-refractivity contribution < 1.29 is 19.1 Å². The van der Waals surface area contributed by atoms with E-state index >= 15 is 0 Å². The fraction of sp³-hybridized carbons (Fsp3) is 0.423. The number of rotatable bonds is 10. The zero-order valence-electron chi connectivity index (χ0n) is 20.0. The summed E-state index contributed by atoms with van der Waals surface area (Å²) in [5, 5.41) is 17.0. The second-order valence-corrected chi connectivity index (χ2v) is 9.76. The maximum atomic E-state index is 12.7. The van der Waals surface area contributed by atoms with Gasteiger partial charge in [-0.15, -0.1) is 0 Å². The number of fused-ring (bicyclic) bond motifs is 1. The lowest BCUT2D eigenvalue weighted by Gasteiger charge is -2.30. The summed E-state index contributed by atoms with van der Waals surface area (Å²) in [6.45, 7) is 2.49. The van der Waals surface area contributed by atoms with Crippen LogP contribution in [0.5, 0.6) is 5.75 Å². The predicted molar refractivity (Wildman–Crippen MR) is 135 cm³/mol. The number of pyridine rings is 1. The summed E-state index contributed by atoms with van der Waals surface area (Å²) in [4.78, 5) is 23.1. The van der Waals surface area contributed by atoms with Crippen LogP contribution in [0.3, 0.4) is 0 Å². The highest BCUT2D eigenvalue weighted by atomic mass is 35.5. The molecule has 5 rings (SSSR count). The summed E-state index contributed by atoms with van der Waals surface area (Å²) in [5.41, 5.74) is 2.80. The van der Waals surface area contributed by atoms with Crippen LogP contribution in [0.15, 0.2) is 47.5 Å². The number of aromatic nitrogens is 2. The molecule has 1 aliphatic heterocycles. The number of amides is 1. The van der Waals surface area contributed by atoms with Gasteiger partial charge in [-0.25, -0.2) is 9.97 Å². The number of halogens is 1. The van der Waals surface area contributed by atoms with E-state index in [1.165, 1.54) is 30.1 Å². The lowest BCUT2D eigenvalue weighted by Crippen LogP contribution is -2.42. The second kappa shape index (κ2) is 11.3. The summed E-state index contributed by atoms with van der Waals surface area (Å²) in [6, 6.07) is 8.15. The van der Waals surface area contributed by atoms with Crippen molar-refractivity contribution in [1.29, 1.82) is 0 Å². The van der Waals surface area contributed by atoms with Gasteiger partial charge in [0.2, 0.25) is 0 Å². The van der Waals surface area contributed by atoms with Crippen LogP contribution < -0.4 is 15.4 Å². The van der Waals surface area contributed by atoms with Crippen molar-refractivity contribution in [3.05, 3.63) is 70.5 Å². The van der Waals surface area contributed by atoms with E-state index in [0.717, 1.165) is 38.1 Å². The number of oxazole rings is 1. The van der Waals surface area contributed by atoms with Crippen LogP contribution in [0.25, 0.3) is 0 Å². The van der Waals surface area contributed by atoms with Gasteiger partial charge >= 0.3 is 0 Å². The second-order valence-electron chi connectivity index (χ2n) is 9.36. The molecule has 1 fully saturated rings. The molecular weight excluding hydrogens is 482 g/mol. The van der Waals surface area contributed by atoms with Crippen molar-refractivity contribution in [2.24, 2.45) is 0 Å². The van der Waals surface area contributed by atoms with Crippen LogP contribution in [-0.2, 0) is 19.6 Å². The molecule has 190 valence electrons. The Morgan fingerprint density at radius 3 is 2.94 bits per heavy atom. The molecule has 9 nitrogen and oxygen atoms in total. The molecule has 0 saturated heterocycles. The standard InChI is InChI=1S/C26H30ClN5O4/c27-24-12-29-25(31-19-2-1-3-19)9-23(24)26(34)30-10-20(33)14-32-7-6-17-8-21(5-4-18(17)13-32)35-15-22-11-28-16-36-22/h4-5,8-9,11-12,16,19-20,33H,1-3,6-7,10,13-15H2,(H,29,31)(H,30,34). The quantitative estimate of drug-likeness (QED) is 0.379. The summed E-state index contributed by atoms with van der Waals surface area (Å²) in [7, 11) is 0. The van der Waals surface area contributed by atoms with E-state index < -0.39 is 6.10 Å². The van der Waals surface area contributed by atoms with E-state index in [9.17, 15) is 9.90 Å². The average molecular weight is 512 g/mol. The highest BCUT2D eigenvalue weighted by molar-refractivity contribution is 6.33. The molecule has 1 aliphatic carbocycles. The van der Waals surface area contributed by atoms with Gasteiger partial charge in [0, 0.05) is 38.4 Å². The van der Waals surface area contributed by atoms with E-state index in [1.54, 1.807) is 12.3 Å². The van der Waals surface area contributed by atoms with Gasteiger partial charge in [-0.05, 0) is 55.0 Å². The number of anilines is 1. The first kappa shape index (κ1) is 24.5. The number of aliphatic hydroxyl groups excluding tert-OH is 1. The normalized spacial score (nSPS) is 16.6. The third kappa shape index (κ3) is 6.16. The van der Waals surface area contributed by atoms with E-state index in [2.05, 4.69) is 37.6 Å². The molecule has 1 aromatic carbocycles. The molecule has 0 bridgehead atoms. The molecule has 1 amide bonds. The zero-order chi connectivity index (χ0) is 24.9. The maximum Gasteiger partial charge on any atom is 0.253 e. The molecule has 10 heteroatoms. The van der Waals surface area contributed by atoms with E-state index in [0.29, 0.717) is 36.3 Å². The largest absolute Gasteiger partial charge is 0.486 e. The van der Waals surface area contributed by atoms with Gasteiger partial charge in [0.25, 0.3) is 5.91 Å². The molecule has 36 heavy (non-hydrogen) atoms. The van der Waals surface area contributed by atoms with Gasteiger partial charge in [-0.1, -0.05) is 17.7 Å². The van der Waals surface area contributed by atoms with Crippen LogP contribution in [0, 0.1) is 0 Å². The Morgan fingerprint density at radius 2 is 2.17 bits per heavy atom. The number of hydrogen-bond acceptors (Lipinski definition) is 8. The first-order valence-electron chi connectivity index (χ1n) is 12.3. The number of aliphatic hydroxyl groups is 1. The van der Waals surface area contributed by atoms with Crippen molar-refractivity contribution in [3.63, 3.8) is 0 Å². The van der Waals surface area contributed by atoms with E-state index in [1.807, 2.05) is 6.07 Å². The Morgan fingerprint density at radius 1 is 1.28 bits per heavy atom. The number of ether oxygens (including phenoxy) is 1. The van der Waals surface area contributed by atoms with Crippen LogP contribution in [-0.4, -0.2) is 57.7 Å². The van der Waals surface area contributed by atoms with Gasteiger partial charge in [-0.2, -0.15) is 0 Å². The summed E-state index contributed by atoms with van der Waals surface area (Å²) >= 11 is 6.21. The van der Waals surface area contributed by atoms with Crippen molar-refractivity contribution >= 4 is 23.3 Å². The summed E-state index contributed by atoms with van der Waals surface area (Å²) < 4.78 is 11.0. The Bertz CT molecular complexity index is 1190. The molecule has 0 spiro atoms. The molecule has 0 radical (unpaired) electrons. The Hall–Kier alpha value is -3.14. The average Bonchev–Trinajstić information content (AvgIpc) is 3.38. The molecule has 2 aromatic heterocycles. The number of carbonyl (C=O) groups excluding carboxylic acids is 1. The van der Waals surface area contributed by atoms with Crippen LogP contribution in [0.4, 0.5) is 5.82 Å². The van der Waals surface area contributed by atoms with Gasteiger partial charge in [0.15, 0.2) is 12.2 Å². The van der Waals surface area contributed by atoms with Crippen LogP contribution in [0.1, 0.15) is 46.5 Å². The number of β-amino-alcohol motifs (C(OH)–C–C–N with tert-alkyl or cyclic N) is 1. The summed E-state index contributed by atoms with van der Waals surface area (Å²) in [5.74, 6) is 1.80. The first-order valence-corrected chi connectivity index (χ1v) is 12.6. The zero-order valence-corrected chi connectivity index (χ0v) is 20.7. The van der Waals surface area contributed by atoms with Crippen molar-refractivity contribution in [3.8, 4) is 5.75 Å². The third-order valence-corrected chi connectivity index (χ3v) is 6.96. The predicted octanol–water partition coefficient (Wildman–Crippen LogP) is 3.42. The Balaban J connectivity index is 1.09. The van der Waals surface area contributed by atoms with E-state index in [-0.39, 0.29) is 17.5 Å². The van der Waals surface area contributed by atoms with Gasteiger partial charge in [0.05, 0.1) is 22.9 Å². The molecule has 3 aromatic rings. The number of hydrogen-bond donors (Lipinski definition) is 3. The minimum absolute atomic E-state index is 0.140. The van der Waals surface area contributed by atoms with Crippen molar-refractivity contribution in [1.82, 2.24) is 20.2 Å². The van der Waals surface area contributed by atoms with Crippen LogP contribution >= 0.6 is 11.6 Å². The number of nitrogens with zero attached hydrogens (tertiary/aromatic N) is 3. The van der Waals surface area contributed by atoms with Gasteiger partial charge in [0.1, 0.15) is 18.2 Å². The monoisotopic (exact) mass is 511 g/mol. The van der Waals surface area contributed by atoms with Crippen molar-refractivity contribution in [2.45, 2.75) is 51.0 Å². The Labute approximate surface area is 214 Å². The molecule has 3 N–H and O–H groups in total. The molecule has 1 atom stereocenters. The molecule has 2 aliphatic rings. The minimum Gasteiger partial charge on any atom is -0.486 e. The molecule has 3 heterocycles. The fourth-order valence-electron chi connectivity index (χ4n) is 4.42. The number of carbonyl (C=O) groups is 1. The van der Waals surface area contributed by atoms with Gasteiger partial charge in [-0.3, -0.25) is 9.69 Å². The van der Waals surface area contributed by atoms with Crippen molar-refractivity contribution in [2.75, 3.05) is 25.0 Å². The summed E-state index contributed by atoms with van der Waals surface area (Å²) in [6.07, 6.45) is 8.10. The fourth-order valence-corrected chi connectivity index (χ4v) is 4.61. The molecule has 1 saturated carbocycles. The smallest absolute Gasteiger partial charge is 0.253 e. The lowest BCUT2D eigenvalue weighted by molar-refractivity contribution is 0.0842. The minimum atomic E-state index is -0.701. The highest BCUT2D eigenvalue weighted by Crippen LogP contribution is 2.26. The highest BCUT2D eigenvalue weighted by Gasteiger charge is 2.22. The number of benzene rings is 1.